The SMILES string of the molecule is CCCCCC(=C=O)C(=O)O. The number of hydrogen-bond donors (Lipinski definition) is 1. The normalized spacial score (nSPS) is 8.82. The van der Waals surface area contributed by atoms with Crippen LogP contribution in [-0.4, -0.2) is 17.0 Å². The number of unbranched alkanes of at least 4 members (excludes halogenated alkanes) is 2. The summed E-state index contributed by atoms with van der Waals surface area (Å²) < 4.78 is 0. The summed E-state index contributed by atoms with van der Waals surface area (Å²) in [7, 11) is 0. The van der Waals surface area contributed by atoms with Crippen LogP contribution in [0.2, 0.25) is 0 Å². The smallest absolute Gasteiger partial charge is 0.342 e. The summed E-state index contributed by atoms with van der Waals surface area (Å²) in [4.78, 5) is 20.2. The van der Waals surface area contributed by atoms with Crippen LogP contribution in [0, 0.1) is 0 Å². The van der Waals surface area contributed by atoms with Crippen LogP contribution < -0.4 is 0 Å². The summed E-state index contributed by atoms with van der Waals surface area (Å²) in [5.41, 5.74) is -0.140. The standard InChI is InChI=1S/C8H12O3/c1-2-3-4-5-7(6-9)8(10)11/h2-5H2,1H3,(H,10,11). The molecule has 0 aromatic rings. The lowest BCUT2D eigenvalue weighted by molar-refractivity contribution is -0.132. The van der Waals surface area contributed by atoms with E-state index in [9.17, 15) is 9.59 Å². The minimum absolute atomic E-state index is 0.140. The Morgan fingerprint density at radius 2 is 2.09 bits per heavy atom. The van der Waals surface area contributed by atoms with E-state index in [0.717, 1.165) is 19.3 Å². The highest BCUT2D eigenvalue weighted by atomic mass is 16.4. The molecule has 0 aliphatic heterocycles. The van der Waals surface area contributed by atoms with Gasteiger partial charge in [-0.1, -0.05) is 19.8 Å². The Kier molecular flexibility index (Phi) is 5.13. The Balaban J connectivity index is 3.73. The third-order valence-corrected chi connectivity index (χ3v) is 1.41. The van der Waals surface area contributed by atoms with E-state index in [1.165, 1.54) is 5.94 Å². The molecule has 0 spiro atoms. The van der Waals surface area contributed by atoms with Gasteiger partial charge in [-0.05, 0) is 12.8 Å². The second kappa shape index (κ2) is 5.69. The van der Waals surface area contributed by atoms with Crippen LogP contribution in [0.1, 0.15) is 32.6 Å². The molecule has 0 aliphatic rings. The van der Waals surface area contributed by atoms with Crippen molar-refractivity contribution in [3.8, 4) is 0 Å². The summed E-state index contributed by atoms with van der Waals surface area (Å²) in [5, 5.41) is 8.37. The van der Waals surface area contributed by atoms with Gasteiger partial charge in [0.05, 0.1) is 0 Å². The average Bonchev–Trinajstić information content (AvgIpc) is 1.97. The van der Waals surface area contributed by atoms with E-state index in [0.29, 0.717) is 6.42 Å². The minimum Gasteiger partial charge on any atom is -0.477 e. The van der Waals surface area contributed by atoms with Crippen molar-refractivity contribution in [2.24, 2.45) is 0 Å². The first-order chi connectivity index (χ1) is 5.22. The molecular formula is C8H12O3. The van der Waals surface area contributed by atoms with Gasteiger partial charge in [-0.3, -0.25) is 0 Å². The zero-order valence-electron chi connectivity index (χ0n) is 6.59. The van der Waals surface area contributed by atoms with Crippen LogP contribution in [0.4, 0.5) is 0 Å². The molecule has 1 N–H and O–H groups in total. The van der Waals surface area contributed by atoms with E-state index in [4.69, 9.17) is 5.11 Å². The first-order valence-corrected chi connectivity index (χ1v) is 3.69. The van der Waals surface area contributed by atoms with E-state index in [2.05, 4.69) is 0 Å². The number of carbonyl (C=O) groups is 1. The lowest BCUT2D eigenvalue weighted by atomic mass is 10.1. The van der Waals surface area contributed by atoms with Gasteiger partial charge in [0.25, 0.3) is 0 Å². The molecule has 0 aromatic heterocycles. The van der Waals surface area contributed by atoms with Crippen LogP contribution >= 0.6 is 0 Å². The zero-order chi connectivity index (χ0) is 8.69. The van der Waals surface area contributed by atoms with Crippen LogP contribution in [0.25, 0.3) is 0 Å². The molecule has 0 rings (SSSR count). The molecule has 0 bridgehead atoms. The lowest BCUT2D eigenvalue weighted by Crippen LogP contribution is -2.00. The van der Waals surface area contributed by atoms with Gasteiger partial charge in [0.15, 0.2) is 0 Å². The molecular weight excluding hydrogens is 144 g/mol. The number of hydrogen-bond acceptors (Lipinski definition) is 2. The highest BCUT2D eigenvalue weighted by Gasteiger charge is 2.06. The van der Waals surface area contributed by atoms with Gasteiger partial charge in [0.1, 0.15) is 11.5 Å². The second-order valence-electron chi connectivity index (χ2n) is 2.34. The van der Waals surface area contributed by atoms with Crippen molar-refractivity contribution in [1.29, 1.82) is 0 Å². The molecule has 0 fully saturated rings. The summed E-state index contributed by atoms with van der Waals surface area (Å²) in [6, 6.07) is 0. The highest BCUT2D eigenvalue weighted by molar-refractivity contribution is 5.95. The lowest BCUT2D eigenvalue weighted by Gasteiger charge is -1.95. The Bertz CT molecular complexity index is 178. The number of carbonyl (C=O) groups excluding carboxylic acids is 1. The van der Waals surface area contributed by atoms with E-state index >= 15 is 0 Å². The predicted octanol–water partition coefficient (Wildman–Crippen LogP) is 1.41. The van der Waals surface area contributed by atoms with Gasteiger partial charge < -0.3 is 5.11 Å². The van der Waals surface area contributed by atoms with Gasteiger partial charge in [-0.25, -0.2) is 9.59 Å². The number of rotatable bonds is 5. The van der Waals surface area contributed by atoms with E-state index in [1.54, 1.807) is 0 Å². The van der Waals surface area contributed by atoms with E-state index < -0.39 is 5.97 Å². The summed E-state index contributed by atoms with van der Waals surface area (Å²) in [6.07, 6.45) is 3.07. The Morgan fingerprint density at radius 1 is 1.45 bits per heavy atom. The maximum absolute atomic E-state index is 10.2. The van der Waals surface area contributed by atoms with Crippen molar-refractivity contribution >= 4 is 11.9 Å². The molecule has 0 aliphatic carbocycles. The van der Waals surface area contributed by atoms with Gasteiger partial charge in [-0.15, -0.1) is 0 Å². The Morgan fingerprint density at radius 3 is 2.45 bits per heavy atom. The van der Waals surface area contributed by atoms with Gasteiger partial charge >= 0.3 is 5.97 Å². The molecule has 11 heavy (non-hydrogen) atoms. The van der Waals surface area contributed by atoms with Gasteiger partial charge in [0, 0.05) is 0 Å². The summed E-state index contributed by atoms with van der Waals surface area (Å²) in [6.45, 7) is 2.02. The first kappa shape index (κ1) is 9.92. The monoisotopic (exact) mass is 156 g/mol. The second-order valence-corrected chi connectivity index (χ2v) is 2.34. The quantitative estimate of drug-likeness (QED) is 0.372. The van der Waals surface area contributed by atoms with Crippen molar-refractivity contribution in [2.45, 2.75) is 32.6 Å². The minimum atomic E-state index is -1.14. The number of carboxylic acid groups (broad SMARTS) is 1. The Labute approximate surface area is 65.7 Å². The topological polar surface area (TPSA) is 54.4 Å². The average molecular weight is 156 g/mol. The molecule has 0 amide bonds. The first-order valence-electron chi connectivity index (χ1n) is 3.69. The molecule has 0 heterocycles. The highest BCUT2D eigenvalue weighted by Crippen LogP contribution is 2.05. The fraction of sp³-hybridized carbons (Fsp3) is 0.625. The van der Waals surface area contributed by atoms with Crippen LogP contribution in [0.15, 0.2) is 5.57 Å². The van der Waals surface area contributed by atoms with Crippen molar-refractivity contribution < 1.29 is 14.7 Å². The summed E-state index contributed by atoms with van der Waals surface area (Å²) in [5.74, 6) is 0.285. The fourth-order valence-electron chi connectivity index (χ4n) is 0.753. The molecule has 3 nitrogen and oxygen atoms in total. The van der Waals surface area contributed by atoms with Crippen molar-refractivity contribution in [3.05, 3.63) is 5.57 Å². The van der Waals surface area contributed by atoms with Gasteiger partial charge in [0.2, 0.25) is 0 Å². The van der Waals surface area contributed by atoms with Crippen molar-refractivity contribution in [3.63, 3.8) is 0 Å². The number of carboxylic acids is 1. The predicted molar refractivity (Wildman–Crippen MR) is 41.0 cm³/mol. The van der Waals surface area contributed by atoms with E-state index in [1.807, 2.05) is 6.92 Å². The molecule has 62 valence electrons. The van der Waals surface area contributed by atoms with Crippen LogP contribution in [0.5, 0.6) is 0 Å². The Hall–Kier alpha value is -1.08. The van der Waals surface area contributed by atoms with Gasteiger partial charge in [-0.2, -0.15) is 0 Å². The molecule has 0 atom stereocenters. The van der Waals surface area contributed by atoms with Crippen LogP contribution in [-0.2, 0) is 9.59 Å². The van der Waals surface area contributed by atoms with Crippen molar-refractivity contribution in [1.82, 2.24) is 0 Å². The molecule has 0 saturated carbocycles. The maximum Gasteiger partial charge on any atom is 0.342 e. The van der Waals surface area contributed by atoms with Crippen LogP contribution in [0.3, 0.4) is 0 Å². The molecule has 0 aromatic carbocycles. The third kappa shape index (κ3) is 4.34. The fourth-order valence-corrected chi connectivity index (χ4v) is 0.753. The summed E-state index contributed by atoms with van der Waals surface area (Å²) >= 11 is 0. The zero-order valence-corrected chi connectivity index (χ0v) is 6.59. The molecule has 0 unspecified atom stereocenters. The van der Waals surface area contributed by atoms with E-state index in [-0.39, 0.29) is 5.57 Å². The molecule has 0 saturated heterocycles. The number of aliphatic carboxylic acids is 1. The third-order valence-electron chi connectivity index (χ3n) is 1.41. The largest absolute Gasteiger partial charge is 0.477 e. The van der Waals surface area contributed by atoms with Crippen molar-refractivity contribution in [2.75, 3.05) is 0 Å². The molecule has 0 radical (unpaired) electrons. The maximum atomic E-state index is 10.2. The molecule has 3 heteroatoms.